The van der Waals surface area contributed by atoms with E-state index in [2.05, 4.69) is 15.9 Å². The van der Waals surface area contributed by atoms with Gasteiger partial charge < -0.3 is 5.11 Å². The summed E-state index contributed by atoms with van der Waals surface area (Å²) in [6.45, 7) is 3.55. The van der Waals surface area contributed by atoms with E-state index < -0.39 is 11.8 Å². The first-order valence-corrected chi connectivity index (χ1v) is 4.88. The quantitative estimate of drug-likeness (QED) is 0.888. The summed E-state index contributed by atoms with van der Waals surface area (Å²) in [5.41, 5.74) is 2.10. The van der Waals surface area contributed by atoms with Gasteiger partial charge in [0.25, 0.3) is 0 Å². The first-order chi connectivity index (χ1) is 6.43. The fourth-order valence-electron chi connectivity index (χ4n) is 1.27. The minimum absolute atomic E-state index is 0.162. The molecule has 1 aromatic rings. The Labute approximate surface area is 89.9 Å². The molecule has 0 saturated carbocycles. The molecule has 0 aliphatic carbocycles. The molecule has 0 bridgehead atoms. The molecule has 0 aliphatic heterocycles. The molecule has 0 saturated heterocycles. The smallest absolute Gasteiger partial charge is 0.307 e. The Kier molecular flexibility index (Phi) is 3.26. The zero-order chi connectivity index (χ0) is 10.9. The zero-order valence-electron chi connectivity index (χ0n) is 7.90. The average molecular weight is 261 g/mol. The van der Waals surface area contributed by atoms with Gasteiger partial charge in [-0.3, -0.25) is 4.79 Å². The second kappa shape index (κ2) is 4.09. The molecular weight excluding hydrogens is 251 g/mol. The van der Waals surface area contributed by atoms with Crippen LogP contribution in [0, 0.1) is 19.7 Å². The highest BCUT2D eigenvalue weighted by atomic mass is 79.9. The number of hydrogen-bond acceptors (Lipinski definition) is 1. The topological polar surface area (TPSA) is 37.3 Å². The Bertz CT molecular complexity index is 362. The summed E-state index contributed by atoms with van der Waals surface area (Å²) in [6, 6.07) is 1.39. The lowest BCUT2D eigenvalue weighted by molar-refractivity contribution is -0.136. The van der Waals surface area contributed by atoms with E-state index in [1.165, 1.54) is 6.07 Å². The highest BCUT2D eigenvalue weighted by Crippen LogP contribution is 2.26. The maximum atomic E-state index is 13.2. The van der Waals surface area contributed by atoms with Gasteiger partial charge in [0.15, 0.2) is 0 Å². The van der Waals surface area contributed by atoms with E-state index >= 15 is 0 Å². The van der Waals surface area contributed by atoms with E-state index in [-0.39, 0.29) is 10.9 Å². The van der Waals surface area contributed by atoms with Crippen molar-refractivity contribution >= 4 is 21.9 Å². The number of rotatable bonds is 2. The monoisotopic (exact) mass is 260 g/mol. The number of carboxylic acid groups (broad SMARTS) is 1. The van der Waals surface area contributed by atoms with E-state index in [0.29, 0.717) is 5.56 Å². The number of aryl methyl sites for hydroxylation is 1. The third-order valence-corrected chi connectivity index (χ3v) is 3.05. The molecule has 2 nitrogen and oxygen atoms in total. The van der Waals surface area contributed by atoms with E-state index in [1.54, 1.807) is 13.8 Å². The lowest BCUT2D eigenvalue weighted by Crippen LogP contribution is -2.05. The van der Waals surface area contributed by atoms with Crippen molar-refractivity contribution in [1.82, 2.24) is 0 Å². The largest absolute Gasteiger partial charge is 0.481 e. The molecule has 0 fully saturated rings. The fourth-order valence-corrected chi connectivity index (χ4v) is 1.82. The van der Waals surface area contributed by atoms with Crippen molar-refractivity contribution in [3.05, 3.63) is 33.0 Å². The van der Waals surface area contributed by atoms with Crippen molar-refractivity contribution in [1.29, 1.82) is 0 Å². The standard InChI is InChI=1S/C10H10BrFO2/c1-5-3-8(12)10(11)7(6(5)2)4-9(13)14/h3H,4H2,1-2H3,(H,13,14). The number of benzene rings is 1. The first kappa shape index (κ1) is 11.2. The number of halogens is 2. The molecule has 0 spiro atoms. The lowest BCUT2D eigenvalue weighted by atomic mass is 10.0. The van der Waals surface area contributed by atoms with Crippen molar-refractivity contribution in [3.63, 3.8) is 0 Å². The van der Waals surface area contributed by atoms with Gasteiger partial charge in [-0.15, -0.1) is 0 Å². The molecule has 0 aliphatic rings. The van der Waals surface area contributed by atoms with Gasteiger partial charge in [-0.2, -0.15) is 0 Å². The van der Waals surface area contributed by atoms with Crippen LogP contribution in [-0.2, 0) is 11.2 Å². The van der Waals surface area contributed by atoms with E-state index in [0.717, 1.165) is 11.1 Å². The summed E-state index contributed by atoms with van der Waals surface area (Å²) in [5.74, 6) is -1.37. The minimum atomic E-state index is -0.959. The maximum absolute atomic E-state index is 13.2. The van der Waals surface area contributed by atoms with Crippen LogP contribution in [0.2, 0.25) is 0 Å². The van der Waals surface area contributed by atoms with Gasteiger partial charge in [0.1, 0.15) is 5.82 Å². The molecule has 0 atom stereocenters. The maximum Gasteiger partial charge on any atom is 0.307 e. The van der Waals surface area contributed by atoms with E-state index in [4.69, 9.17) is 5.11 Å². The van der Waals surface area contributed by atoms with Gasteiger partial charge in [-0.1, -0.05) is 0 Å². The molecule has 14 heavy (non-hydrogen) atoms. The predicted molar refractivity (Wildman–Crippen MR) is 54.9 cm³/mol. The highest BCUT2D eigenvalue weighted by Gasteiger charge is 2.14. The van der Waals surface area contributed by atoms with Crippen molar-refractivity contribution in [3.8, 4) is 0 Å². The molecule has 0 heterocycles. The second-order valence-corrected chi connectivity index (χ2v) is 3.96. The van der Waals surface area contributed by atoms with Gasteiger partial charge in [0, 0.05) is 0 Å². The van der Waals surface area contributed by atoms with Crippen LogP contribution in [0.1, 0.15) is 16.7 Å². The Morgan fingerprint density at radius 3 is 2.64 bits per heavy atom. The molecule has 0 aromatic heterocycles. The van der Waals surface area contributed by atoms with Gasteiger partial charge in [-0.25, -0.2) is 4.39 Å². The van der Waals surface area contributed by atoms with Crippen LogP contribution in [0.25, 0.3) is 0 Å². The average Bonchev–Trinajstić information content (AvgIpc) is 2.09. The Hall–Kier alpha value is -0.900. The zero-order valence-corrected chi connectivity index (χ0v) is 9.48. The molecule has 76 valence electrons. The Morgan fingerprint density at radius 1 is 1.57 bits per heavy atom. The van der Waals surface area contributed by atoms with Crippen LogP contribution in [0.15, 0.2) is 10.5 Å². The van der Waals surface area contributed by atoms with Gasteiger partial charge in [-0.05, 0) is 52.5 Å². The SMILES string of the molecule is Cc1cc(F)c(Br)c(CC(=O)O)c1C. The second-order valence-electron chi connectivity index (χ2n) is 3.16. The summed E-state index contributed by atoms with van der Waals surface area (Å²) in [5, 5.41) is 8.65. The predicted octanol–water partition coefficient (Wildman–Crippen LogP) is 2.83. The fraction of sp³-hybridized carbons (Fsp3) is 0.300. The number of hydrogen-bond donors (Lipinski definition) is 1. The molecule has 1 aromatic carbocycles. The summed E-state index contributed by atoms with van der Waals surface area (Å²) >= 11 is 3.06. The number of carbonyl (C=O) groups is 1. The normalized spacial score (nSPS) is 10.3. The number of aliphatic carboxylic acids is 1. The van der Waals surface area contributed by atoms with Crippen LogP contribution in [0.3, 0.4) is 0 Å². The van der Waals surface area contributed by atoms with E-state index in [1.807, 2.05) is 0 Å². The Morgan fingerprint density at radius 2 is 2.14 bits per heavy atom. The molecule has 0 radical (unpaired) electrons. The van der Waals surface area contributed by atoms with Gasteiger partial charge >= 0.3 is 5.97 Å². The molecule has 0 unspecified atom stereocenters. The molecule has 1 N–H and O–H groups in total. The minimum Gasteiger partial charge on any atom is -0.481 e. The summed E-state index contributed by atoms with van der Waals surface area (Å²) in [4.78, 5) is 10.6. The molecule has 4 heteroatoms. The summed E-state index contributed by atoms with van der Waals surface area (Å²) in [7, 11) is 0. The molecular formula is C10H10BrFO2. The van der Waals surface area contributed by atoms with Gasteiger partial charge in [0.2, 0.25) is 0 Å². The number of carboxylic acids is 1. The Balaban J connectivity index is 3.31. The van der Waals surface area contributed by atoms with Crippen LogP contribution >= 0.6 is 15.9 Å². The summed E-state index contributed by atoms with van der Waals surface area (Å²) in [6.07, 6.45) is -0.162. The van der Waals surface area contributed by atoms with Crippen LogP contribution in [0.4, 0.5) is 4.39 Å². The van der Waals surface area contributed by atoms with Crippen molar-refractivity contribution in [2.24, 2.45) is 0 Å². The van der Waals surface area contributed by atoms with Crippen molar-refractivity contribution < 1.29 is 14.3 Å². The van der Waals surface area contributed by atoms with Crippen LogP contribution in [0.5, 0.6) is 0 Å². The van der Waals surface area contributed by atoms with Crippen LogP contribution in [-0.4, -0.2) is 11.1 Å². The molecule has 1 rings (SSSR count). The van der Waals surface area contributed by atoms with Crippen molar-refractivity contribution in [2.75, 3.05) is 0 Å². The van der Waals surface area contributed by atoms with Gasteiger partial charge in [0.05, 0.1) is 10.9 Å². The van der Waals surface area contributed by atoms with E-state index in [9.17, 15) is 9.18 Å². The first-order valence-electron chi connectivity index (χ1n) is 4.09. The molecule has 0 amide bonds. The third kappa shape index (κ3) is 2.12. The highest BCUT2D eigenvalue weighted by molar-refractivity contribution is 9.10. The summed E-state index contributed by atoms with van der Waals surface area (Å²) < 4.78 is 13.5. The van der Waals surface area contributed by atoms with Crippen molar-refractivity contribution in [2.45, 2.75) is 20.3 Å². The van der Waals surface area contributed by atoms with Crippen LogP contribution < -0.4 is 0 Å². The lowest BCUT2D eigenvalue weighted by Gasteiger charge is -2.10. The third-order valence-electron chi connectivity index (χ3n) is 2.19.